The summed E-state index contributed by atoms with van der Waals surface area (Å²) in [7, 11) is 0. The standard InChI is InChI=1S/C22H27NO3/c1-21(2,3)22(20(24)25)19(26-22)16-23(14-17-10-6-4-7-11-17)15-18-12-8-5-9-13-18/h4-13,19H,14-16H2,1-3H3,(H,24,25). The highest BCUT2D eigenvalue weighted by atomic mass is 16.6. The molecular weight excluding hydrogens is 326 g/mol. The first-order chi connectivity index (χ1) is 12.3. The van der Waals surface area contributed by atoms with Gasteiger partial charge in [0.25, 0.3) is 0 Å². The topological polar surface area (TPSA) is 53.1 Å². The van der Waals surface area contributed by atoms with Crippen molar-refractivity contribution in [1.29, 1.82) is 0 Å². The van der Waals surface area contributed by atoms with Crippen molar-refractivity contribution in [3.05, 3.63) is 71.8 Å². The summed E-state index contributed by atoms with van der Waals surface area (Å²) in [6, 6.07) is 20.5. The summed E-state index contributed by atoms with van der Waals surface area (Å²) in [6.45, 7) is 7.90. The van der Waals surface area contributed by atoms with Crippen molar-refractivity contribution < 1.29 is 14.6 Å². The number of aliphatic carboxylic acids is 1. The lowest BCUT2D eigenvalue weighted by Crippen LogP contribution is -2.43. The number of epoxide rings is 1. The summed E-state index contributed by atoms with van der Waals surface area (Å²) >= 11 is 0. The van der Waals surface area contributed by atoms with Gasteiger partial charge in [0.2, 0.25) is 0 Å². The molecule has 3 rings (SSSR count). The number of nitrogens with zero attached hydrogens (tertiary/aromatic N) is 1. The molecular formula is C22H27NO3. The van der Waals surface area contributed by atoms with Crippen LogP contribution in [0.15, 0.2) is 60.7 Å². The SMILES string of the molecule is CC(C)(C)C1(C(=O)O)OC1CN(Cc1ccccc1)Cc1ccccc1. The first-order valence-electron chi connectivity index (χ1n) is 9.04. The van der Waals surface area contributed by atoms with Crippen LogP contribution in [0.4, 0.5) is 0 Å². The minimum Gasteiger partial charge on any atom is -0.479 e. The third kappa shape index (κ3) is 3.81. The molecule has 0 spiro atoms. The molecule has 26 heavy (non-hydrogen) atoms. The number of carbonyl (C=O) groups is 1. The van der Waals surface area contributed by atoms with Gasteiger partial charge in [0.05, 0.1) is 0 Å². The summed E-state index contributed by atoms with van der Waals surface area (Å²) in [5.41, 5.74) is 0.870. The zero-order chi connectivity index (χ0) is 18.8. The van der Waals surface area contributed by atoms with E-state index in [9.17, 15) is 9.90 Å². The molecule has 0 radical (unpaired) electrons. The smallest absolute Gasteiger partial charge is 0.339 e. The second-order valence-electron chi connectivity index (χ2n) is 8.04. The fraction of sp³-hybridized carbons (Fsp3) is 0.409. The van der Waals surface area contributed by atoms with Gasteiger partial charge in [-0.1, -0.05) is 81.4 Å². The van der Waals surface area contributed by atoms with E-state index in [1.165, 1.54) is 11.1 Å². The van der Waals surface area contributed by atoms with Crippen molar-refractivity contribution in [2.45, 2.75) is 45.6 Å². The van der Waals surface area contributed by atoms with Gasteiger partial charge in [0.15, 0.2) is 5.60 Å². The van der Waals surface area contributed by atoms with Crippen LogP contribution < -0.4 is 0 Å². The number of ether oxygens (including phenoxy) is 1. The first-order valence-corrected chi connectivity index (χ1v) is 9.04. The van der Waals surface area contributed by atoms with Crippen LogP contribution in [0.3, 0.4) is 0 Å². The van der Waals surface area contributed by atoms with Crippen LogP contribution in [0.5, 0.6) is 0 Å². The highest BCUT2D eigenvalue weighted by Gasteiger charge is 2.69. The van der Waals surface area contributed by atoms with Crippen LogP contribution in [0, 0.1) is 5.41 Å². The Morgan fingerprint density at radius 1 is 1.00 bits per heavy atom. The Morgan fingerprint density at radius 3 is 1.81 bits per heavy atom. The van der Waals surface area contributed by atoms with Crippen LogP contribution in [-0.2, 0) is 22.6 Å². The lowest BCUT2D eigenvalue weighted by atomic mass is 9.78. The average Bonchev–Trinajstić information content (AvgIpc) is 3.32. The third-order valence-corrected chi connectivity index (χ3v) is 5.08. The van der Waals surface area contributed by atoms with Crippen molar-refractivity contribution in [1.82, 2.24) is 4.90 Å². The maximum absolute atomic E-state index is 11.9. The van der Waals surface area contributed by atoms with Crippen molar-refractivity contribution in [2.75, 3.05) is 6.54 Å². The maximum Gasteiger partial charge on any atom is 0.339 e. The van der Waals surface area contributed by atoms with Gasteiger partial charge >= 0.3 is 5.97 Å². The molecule has 4 nitrogen and oxygen atoms in total. The molecule has 1 saturated heterocycles. The van der Waals surface area contributed by atoms with Gasteiger partial charge in [0.1, 0.15) is 6.10 Å². The maximum atomic E-state index is 11.9. The van der Waals surface area contributed by atoms with Gasteiger partial charge in [-0.2, -0.15) is 0 Å². The predicted octanol–water partition coefficient (Wildman–Crippen LogP) is 3.96. The molecule has 0 saturated carbocycles. The van der Waals surface area contributed by atoms with Crippen LogP contribution in [0.25, 0.3) is 0 Å². The molecule has 2 unspecified atom stereocenters. The number of carboxylic acids is 1. The predicted molar refractivity (Wildman–Crippen MR) is 102 cm³/mol. The molecule has 0 aliphatic carbocycles. The molecule has 2 aromatic carbocycles. The van der Waals surface area contributed by atoms with Crippen molar-refractivity contribution in [2.24, 2.45) is 5.41 Å². The molecule has 138 valence electrons. The van der Waals surface area contributed by atoms with Gasteiger partial charge in [0, 0.05) is 25.0 Å². The monoisotopic (exact) mass is 353 g/mol. The van der Waals surface area contributed by atoms with Gasteiger partial charge in [-0.3, -0.25) is 4.90 Å². The van der Waals surface area contributed by atoms with Crippen LogP contribution in [-0.4, -0.2) is 34.2 Å². The Kier molecular flexibility index (Phi) is 5.17. The Morgan fingerprint density at radius 2 is 1.46 bits per heavy atom. The zero-order valence-corrected chi connectivity index (χ0v) is 15.7. The van der Waals surface area contributed by atoms with Crippen LogP contribution in [0.2, 0.25) is 0 Å². The molecule has 1 N–H and O–H groups in total. The van der Waals surface area contributed by atoms with Crippen molar-refractivity contribution >= 4 is 5.97 Å². The van der Waals surface area contributed by atoms with E-state index in [4.69, 9.17) is 4.74 Å². The Labute approximate surface area is 155 Å². The van der Waals surface area contributed by atoms with E-state index < -0.39 is 17.0 Å². The van der Waals surface area contributed by atoms with E-state index >= 15 is 0 Å². The van der Waals surface area contributed by atoms with Crippen LogP contribution in [0.1, 0.15) is 31.9 Å². The Bertz CT molecular complexity index is 697. The molecule has 2 aromatic rings. The molecule has 1 heterocycles. The molecule has 0 bridgehead atoms. The van der Waals surface area contributed by atoms with Gasteiger partial charge in [-0.05, 0) is 11.1 Å². The minimum absolute atomic E-state index is 0.299. The van der Waals surface area contributed by atoms with E-state index in [-0.39, 0.29) is 6.10 Å². The van der Waals surface area contributed by atoms with E-state index in [2.05, 4.69) is 29.2 Å². The molecule has 1 fully saturated rings. The largest absolute Gasteiger partial charge is 0.479 e. The Balaban J connectivity index is 1.77. The van der Waals surface area contributed by atoms with E-state index in [0.717, 1.165) is 13.1 Å². The molecule has 1 aliphatic rings. The summed E-state index contributed by atoms with van der Waals surface area (Å²) in [4.78, 5) is 14.2. The first kappa shape index (κ1) is 18.6. The second-order valence-corrected chi connectivity index (χ2v) is 8.04. The number of rotatable bonds is 7. The molecule has 4 heteroatoms. The van der Waals surface area contributed by atoms with Crippen LogP contribution >= 0.6 is 0 Å². The third-order valence-electron chi connectivity index (χ3n) is 5.08. The normalized spacial score (nSPS) is 22.4. The number of hydrogen-bond donors (Lipinski definition) is 1. The van der Waals surface area contributed by atoms with E-state index in [1.807, 2.05) is 57.2 Å². The summed E-state index contributed by atoms with van der Waals surface area (Å²) < 4.78 is 5.80. The highest BCUT2D eigenvalue weighted by molar-refractivity contribution is 5.82. The summed E-state index contributed by atoms with van der Waals surface area (Å²) in [6.07, 6.45) is -0.299. The number of benzene rings is 2. The second kappa shape index (κ2) is 7.22. The fourth-order valence-electron chi connectivity index (χ4n) is 3.63. The molecule has 2 atom stereocenters. The van der Waals surface area contributed by atoms with Gasteiger partial charge in [-0.15, -0.1) is 0 Å². The molecule has 0 amide bonds. The quantitative estimate of drug-likeness (QED) is 0.766. The highest BCUT2D eigenvalue weighted by Crippen LogP contribution is 2.50. The fourth-order valence-corrected chi connectivity index (χ4v) is 3.63. The van der Waals surface area contributed by atoms with Gasteiger partial charge < -0.3 is 9.84 Å². The summed E-state index contributed by atoms with van der Waals surface area (Å²) in [5, 5.41) is 9.76. The van der Waals surface area contributed by atoms with Crippen molar-refractivity contribution in [3.8, 4) is 0 Å². The zero-order valence-electron chi connectivity index (χ0n) is 15.7. The molecule has 0 aromatic heterocycles. The lowest BCUT2D eigenvalue weighted by Gasteiger charge is -2.26. The van der Waals surface area contributed by atoms with E-state index in [1.54, 1.807) is 0 Å². The number of carboxylic acid groups (broad SMARTS) is 1. The minimum atomic E-state index is -1.10. The van der Waals surface area contributed by atoms with E-state index in [0.29, 0.717) is 6.54 Å². The molecule has 1 aliphatic heterocycles. The Hall–Kier alpha value is -2.17. The average molecular weight is 353 g/mol. The number of hydrogen-bond acceptors (Lipinski definition) is 3. The summed E-state index contributed by atoms with van der Waals surface area (Å²) in [5.74, 6) is -0.866. The van der Waals surface area contributed by atoms with Gasteiger partial charge in [-0.25, -0.2) is 4.79 Å². The van der Waals surface area contributed by atoms with Crippen molar-refractivity contribution in [3.63, 3.8) is 0 Å². The lowest BCUT2D eigenvalue weighted by molar-refractivity contribution is -0.147.